The molecule has 1 saturated carbocycles. The molecular weight excluding hydrogens is 291 g/mol. The van der Waals surface area contributed by atoms with E-state index in [1.54, 1.807) is 12.1 Å². The van der Waals surface area contributed by atoms with Crippen molar-refractivity contribution in [3.05, 3.63) is 29.6 Å². The van der Waals surface area contributed by atoms with Gasteiger partial charge in [-0.15, -0.1) is 0 Å². The third-order valence-electron chi connectivity index (χ3n) is 5.35. The predicted molar refractivity (Wildman–Crippen MR) is 92.3 cm³/mol. The van der Waals surface area contributed by atoms with Crippen LogP contribution < -0.4 is 10.2 Å². The normalized spacial score (nSPS) is 22.3. The maximum Gasteiger partial charge on any atom is 0.123 e. The van der Waals surface area contributed by atoms with Gasteiger partial charge in [-0.2, -0.15) is 0 Å². The highest BCUT2D eigenvalue weighted by Crippen LogP contribution is 2.31. The minimum atomic E-state index is -0.187. The lowest BCUT2D eigenvalue weighted by atomic mass is 9.93. The van der Waals surface area contributed by atoms with Crippen LogP contribution in [-0.2, 0) is 0 Å². The standard InChI is InChI=1S/C19H29FN2O/c1-14(21-16-5-3-2-4-6-16)18-13-15(20)7-8-19(18)22-11-9-17(23)10-12-22/h7-8,13-14,16-17,21,23H,2-6,9-12H2,1H3. The Balaban J connectivity index is 1.75. The van der Waals surface area contributed by atoms with Gasteiger partial charge in [-0.1, -0.05) is 19.3 Å². The van der Waals surface area contributed by atoms with Crippen molar-refractivity contribution in [2.24, 2.45) is 0 Å². The van der Waals surface area contributed by atoms with Crippen LogP contribution in [0.2, 0.25) is 0 Å². The number of aliphatic hydroxyl groups excluding tert-OH is 1. The van der Waals surface area contributed by atoms with E-state index in [2.05, 4.69) is 17.1 Å². The van der Waals surface area contributed by atoms with Gasteiger partial charge in [-0.3, -0.25) is 0 Å². The van der Waals surface area contributed by atoms with Gasteiger partial charge in [-0.05, 0) is 56.4 Å². The second kappa shape index (κ2) is 7.63. The molecule has 1 aliphatic heterocycles. The lowest BCUT2D eigenvalue weighted by molar-refractivity contribution is 0.145. The monoisotopic (exact) mass is 320 g/mol. The second-order valence-electron chi connectivity index (χ2n) is 7.14. The zero-order chi connectivity index (χ0) is 16.2. The topological polar surface area (TPSA) is 35.5 Å². The molecule has 23 heavy (non-hydrogen) atoms. The van der Waals surface area contributed by atoms with Crippen molar-refractivity contribution in [3.63, 3.8) is 0 Å². The van der Waals surface area contributed by atoms with Gasteiger partial charge in [-0.25, -0.2) is 4.39 Å². The zero-order valence-corrected chi connectivity index (χ0v) is 14.1. The van der Waals surface area contributed by atoms with Gasteiger partial charge in [0, 0.05) is 30.9 Å². The average molecular weight is 320 g/mol. The van der Waals surface area contributed by atoms with Crippen molar-refractivity contribution >= 4 is 5.69 Å². The maximum atomic E-state index is 13.8. The van der Waals surface area contributed by atoms with Crippen LogP contribution >= 0.6 is 0 Å². The van der Waals surface area contributed by atoms with Crippen LogP contribution in [0.4, 0.5) is 10.1 Å². The highest BCUT2D eigenvalue weighted by Gasteiger charge is 2.23. The summed E-state index contributed by atoms with van der Waals surface area (Å²) in [5.74, 6) is -0.168. The van der Waals surface area contributed by atoms with Crippen molar-refractivity contribution < 1.29 is 9.50 Å². The van der Waals surface area contributed by atoms with Gasteiger partial charge in [0.25, 0.3) is 0 Å². The third-order valence-corrected chi connectivity index (χ3v) is 5.35. The summed E-state index contributed by atoms with van der Waals surface area (Å²) in [6.07, 6.45) is 7.79. The Morgan fingerprint density at radius 2 is 1.83 bits per heavy atom. The minimum absolute atomic E-state index is 0.149. The van der Waals surface area contributed by atoms with Gasteiger partial charge in [0.15, 0.2) is 0 Å². The van der Waals surface area contributed by atoms with Gasteiger partial charge in [0.05, 0.1) is 6.10 Å². The van der Waals surface area contributed by atoms with Crippen LogP contribution in [-0.4, -0.2) is 30.3 Å². The number of nitrogens with zero attached hydrogens (tertiary/aromatic N) is 1. The molecule has 0 amide bonds. The molecule has 0 bridgehead atoms. The molecular formula is C19H29FN2O. The molecule has 1 aromatic rings. The molecule has 1 aliphatic carbocycles. The fourth-order valence-corrected chi connectivity index (χ4v) is 3.98. The molecule has 2 fully saturated rings. The van der Waals surface area contributed by atoms with Crippen molar-refractivity contribution in [3.8, 4) is 0 Å². The molecule has 4 heteroatoms. The van der Waals surface area contributed by atoms with Crippen molar-refractivity contribution in [1.29, 1.82) is 0 Å². The van der Waals surface area contributed by atoms with E-state index in [1.807, 2.05) is 6.07 Å². The van der Waals surface area contributed by atoms with E-state index in [4.69, 9.17) is 0 Å². The van der Waals surface area contributed by atoms with Crippen molar-refractivity contribution in [2.75, 3.05) is 18.0 Å². The highest BCUT2D eigenvalue weighted by molar-refractivity contribution is 5.55. The van der Waals surface area contributed by atoms with Crippen LogP contribution in [0.3, 0.4) is 0 Å². The van der Waals surface area contributed by atoms with Gasteiger partial charge in [0.2, 0.25) is 0 Å². The van der Waals surface area contributed by atoms with Crippen LogP contribution in [0.1, 0.15) is 63.5 Å². The summed E-state index contributed by atoms with van der Waals surface area (Å²) in [6.45, 7) is 3.83. The zero-order valence-electron chi connectivity index (χ0n) is 14.1. The second-order valence-corrected chi connectivity index (χ2v) is 7.14. The molecule has 1 atom stereocenters. The Hall–Kier alpha value is -1.13. The first-order chi connectivity index (χ1) is 11.1. The molecule has 0 aromatic heterocycles. The molecule has 128 valence electrons. The van der Waals surface area contributed by atoms with E-state index < -0.39 is 0 Å². The average Bonchev–Trinajstić information content (AvgIpc) is 2.56. The molecule has 2 N–H and O–H groups in total. The van der Waals surface area contributed by atoms with E-state index in [1.165, 1.54) is 32.1 Å². The predicted octanol–water partition coefficient (Wildman–Crippen LogP) is 3.77. The quantitative estimate of drug-likeness (QED) is 0.886. The summed E-state index contributed by atoms with van der Waals surface area (Å²) < 4.78 is 13.8. The van der Waals surface area contributed by atoms with Gasteiger partial charge in [0.1, 0.15) is 5.82 Å². The van der Waals surface area contributed by atoms with E-state index in [9.17, 15) is 9.50 Å². The molecule has 2 aliphatic rings. The molecule has 3 rings (SSSR count). The smallest absolute Gasteiger partial charge is 0.123 e. The van der Waals surface area contributed by atoms with Gasteiger partial charge < -0.3 is 15.3 Å². The molecule has 1 heterocycles. The first-order valence-electron chi connectivity index (χ1n) is 9.12. The fraction of sp³-hybridized carbons (Fsp3) is 0.684. The van der Waals surface area contributed by atoms with Crippen LogP contribution in [0.25, 0.3) is 0 Å². The summed E-state index contributed by atoms with van der Waals surface area (Å²) in [5.41, 5.74) is 2.17. The molecule has 1 saturated heterocycles. The summed E-state index contributed by atoms with van der Waals surface area (Å²) in [7, 11) is 0. The number of nitrogens with one attached hydrogen (secondary N) is 1. The van der Waals surface area contributed by atoms with E-state index in [0.29, 0.717) is 6.04 Å². The minimum Gasteiger partial charge on any atom is -0.393 e. The molecule has 0 spiro atoms. The number of rotatable bonds is 4. The summed E-state index contributed by atoms with van der Waals surface area (Å²) >= 11 is 0. The molecule has 0 radical (unpaired) electrons. The van der Waals surface area contributed by atoms with Crippen LogP contribution in [0, 0.1) is 5.82 Å². The highest BCUT2D eigenvalue weighted by atomic mass is 19.1. The number of piperidine rings is 1. The number of hydrogen-bond acceptors (Lipinski definition) is 3. The Morgan fingerprint density at radius 1 is 1.13 bits per heavy atom. The Kier molecular flexibility index (Phi) is 5.54. The van der Waals surface area contributed by atoms with Crippen molar-refractivity contribution in [2.45, 2.75) is 70.1 Å². The third kappa shape index (κ3) is 4.24. The number of aliphatic hydroxyl groups is 1. The Labute approximate surface area is 138 Å². The summed E-state index contributed by atoms with van der Waals surface area (Å²) in [4.78, 5) is 2.29. The van der Waals surface area contributed by atoms with Crippen LogP contribution in [0.15, 0.2) is 18.2 Å². The molecule has 3 nitrogen and oxygen atoms in total. The Morgan fingerprint density at radius 3 is 2.52 bits per heavy atom. The number of anilines is 1. The largest absolute Gasteiger partial charge is 0.393 e. The summed E-state index contributed by atoms with van der Waals surface area (Å²) in [6, 6.07) is 5.84. The summed E-state index contributed by atoms with van der Waals surface area (Å²) in [5, 5.41) is 13.4. The van der Waals surface area contributed by atoms with Crippen LogP contribution in [0.5, 0.6) is 0 Å². The van der Waals surface area contributed by atoms with E-state index in [-0.39, 0.29) is 18.0 Å². The number of hydrogen-bond donors (Lipinski definition) is 2. The molecule has 1 aromatic carbocycles. The first kappa shape index (κ1) is 16.7. The molecule has 1 unspecified atom stereocenters. The van der Waals surface area contributed by atoms with E-state index in [0.717, 1.165) is 37.2 Å². The van der Waals surface area contributed by atoms with Gasteiger partial charge >= 0.3 is 0 Å². The number of benzene rings is 1. The first-order valence-corrected chi connectivity index (χ1v) is 9.12. The SMILES string of the molecule is CC(NC1CCCCC1)c1cc(F)ccc1N1CCC(O)CC1. The lowest BCUT2D eigenvalue weighted by Gasteiger charge is -2.35. The van der Waals surface area contributed by atoms with Crippen molar-refractivity contribution in [1.82, 2.24) is 5.32 Å². The van der Waals surface area contributed by atoms with E-state index >= 15 is 0 Å². The maximum absolute atomic E-state index is 13.8. The fourth-order valence-electron chi connectivity index (χ4n) is 3.98. The Bertz CT molecular complexity index is 508. The number of halogens is 1. The lowest BCUT2D eigenvalue weighted by Crippen LogP contribution is -2.38.